The van der Waals surface area contributed by atoms with Crippen LogP contribution in [-0.4, -0.2) is 21.1 Å². The highest BCUT2D eigenvalue weighted by atomic mass is 16.3. The van der Waals surface area contributed by atoms with Crippen LogP contribution in [0.1, 0.15) is 16.7 Å². The summed E-state index contributed by atoms with van der Waals surface area (Å²) < 4.78 is 0. The Morgan fingerprint density at radius 2 is 1.64 bits per heavy atom. The van der Waals surface area contributed by atoms with Gasteiger partial charge in [-0.3, -0.25) is 4.79 Å². The van der Waals surface area contributed by atoms with E-state index in [0.717, 1.165) is 5.56 Å². The fourth-order valence-electron chi connectivity index (χ4n) is 1.88. The molecular weight excluding hydrogens is 280 g/mol. The summed E-state index contributed by atoms with van der Waals surface area (Å²) in [5.74, 6) is -0.0394. The normalized spacial score (nSPS) is 11.3. The van der Waals surface area contributed by atoms with Crippen LogP contribution in [0.5, 0.6) is 11.5 Å². The molecule has 2 aromatic carbocycles. The topological polar surface area (TPSA) is 77.8 Å². The molecule has 112 valence electrons. The lowest BCUT2D eigenvalue weighted by atomic mass is 10.1. The number of hydrogen-bond donors (Lipinski definition) is 3. The zero-order valence-electron chi connectivity index (χ0n) is 11.8. The van der Waals surface area contributed by atoms with E-state index in [1.165, 1.54) is 18.2 Å². The molecule has 0 bridgehead atoms. The molecule has 0 spiro atoms. The van der Waals surface area contributed by atoms with E-state index in [9.17, 15) is 15.0 Å². The Bertz CT molecular complexity index is 730. The third-order valence-electron chi connectivity index (χ3n) is 3.02. The largest absolute Gasteiger partial charge is 0.508 e. The van der Waals surface area contributed by atoms with Crippen LogP contribution in [0.25, 0.3) is 12.2 Å². The monoisotopic (exact) mass is 296 g/mol. The van der Waals surface area contributed by atoms with E-state index >= 15 is 0 Å². The van der Waals surface area contributed by atoms with Crippen molar-refractivity contribution in [2.45, 2.75) is 6.61 Å². The van der Waals surface area contributed by atoms with Gasteiger partial charge in [0.1, 0.15) is 11.5 Å². The molecule has 0 heterocycles. The minimum Gasteiger partial charge on any atom is -0.508 e. The molecule has 0 saturated heterocycles. The second-order valence-corrected chi connectivity index (χ2v) is 4.71. The van der Waals surface area contributed by atoms with Crippen molar-refractivity contribution in [1.82, 2.24) is 0 Å². The number of carbonyl (C=O) groups excluding carboxylic acids is 1. The van der Waals surface area contributed by atoms with Gasteiger partial charge in [-0.1, -0.05) is 30.4 Å². The van der Waals surface area contributed by atoms with Gasteiger partial charge in [0.15, 0.2) is 5.78 Å². The summed E-state index contributed by atoms with van der Waals surface area (Å²) in [6, 6.07) is 11.3. The Morgan fingerprint density at radius 3 is 2.27 bits per heavy atom. The SMILES string of the molecule is O=C(/C=C/c1cccc(O)c1)/C=C/c1ccc(O)c(CO)c1. The van der Waals surface area contributed by atoms with Crippen molar-refractivity contribution >= 4 is 17.9 Å². The van der Waals surface area contributed by atoms with Crippen LogP contribution < -0.4 is 0 Å². The predicted molar refractivity (Wildman–Crippen MR) is 85.2 cm³/mol. The van der Waals surface area contributed by atoms with Crippen LogP contribution in [0.2, 0.25) is 0 Å². The number of phenolic OH excluding ortho intramolecular Hbond substituents is 1. The fourth-order valence-corrected chi connectivity index (χ4v) is 1.88. The minimum atomic E-state index is -0.265. The summed E-state index contributed by atoms with van der Waals surface area (Å²) in [4.78, 5) is 11.8. The highest BCUT2D eigenvalue weighted by Crippen LogP contribution is 2.19. The first-order valence-electron chi connectivity index (χ1n) is 6.70. The molecule has 0 aliphatic heterocycles. The summed E-state index contributed by atoms with van der Waals surface area (Å²) in [7, 11) is 0. The maximum absolute atomic E-state index is 11.8. The first-order valence-corrected chi connectivity index (χ1v) is 6.70. The number of carbonyl (C=O) groups is 1. The van der Waals surface area contributed by atoms with Crippen molar-refractivity contribution in [2.24, 2.45) is 0 Å². The third kappa shape index (κ3) is 4.33. The summed E-state index contributed by atoms with van der Waals surface area (Å²) in [5, 5.41) is 27.9. The van der Waals surface area contributed by atoms with E-state index in [0.29, 0.717) is 11.1 Å². The van der Waals surface area contributed by atoms with Crippen LogP contribution in [0, 0.1) is 0 Å². The van der Waals surface area contributed by atoms with Crippen molar-refractivity contribution in [1.29, 1.82) is 0 Å². The third-order valence-corrected chi connectivity index (χ3v) is 3.02. The Hall–Kier alpha value is -2.85. The molecule has 0 saturated carbocycles. The molecule has 2 rings (SSSR count). The summed E-state index contributed by atoms with van der Waals surface area (Å²) >= 11 is 0. The van der Waals surface area contributed by atoms with Gasteiger partial charge in [0.2, 0.25) is 0 Å². The molecular formula is C18H16O4. The number of benzene rings is 2. The lowest BCUT2D eigenvalue weighted by Crippen LogP contribution is -1.87. The average molecular weight is 296 g/mol. The molecule has 2 aromatic rings. The molecule has 22 heavy (non-hydrogen) atoms. The number of ketones is 1. The quantitative estimate of drug-likeness (QED) is 0.741. The molecule has 0 aliphatic rings. The van der Waals surface area contributed by atoms with Gasteiger partial charge in [-0.05, 0) is 47.5 Å². The minimum absolute atomic E-state index is 0.0229. The van der Waals surface area contributed by atoms with Crippen molar-refractivity contribution in [3.05, 3.63) is 71.3 Å². The van der Waals surface area contributed by atoms with Crippen LogP contribution in [0.4, 0.5) is 0 Å². The summed E-state index contributed by atoms with van der Waals surface area (Å²) in [6.07, 6.45) is 6.02. The number of allylic oxidation sites excluding steroid dienone is 2. The molecule has 4 heteroatoms. The van der Waals surface area contributed by atoms with Gasteiger partial charge >= 0.3 is 0 Å². The number of aliphatic hydroxyl groups is 1. The molecule has 0 aromatic heterocycles. The number of hydrogen-bond acceptors (Lipinski definition) is 4. The van der Waals surface area contributed by atoms with E-state index in [4.69, 9.17) is 5.11 Å². The lowest BCUT2D eigenvalue weighted by Gasteiger charge is -2.01. The number of aliphatic hydroxyl groups excluding tert-OH is 1. The van der Waals surface area contributed by atoms with Crippen LogP contribution in [0.3, 0.4) is 0 Å². The first-order chi connectivity index (χ1) is 10.6. The van der Waals surface area contributed by atoms with Gasteiger partial charge in [-0.25, -0.2) is 0 Å². The zero-order chi connectivity index (χ0) is 15.9. The highest BCUT2D eigenvalue weighted by molar-refractivity contribution is 6.04. The molecule has 0 amide bonds. The van der Waals surface area contributed by atoms with E-state index in [2.05, 4.69) is 0 Å². The maximum atomic E-state index is 11.8. The van der Waals surface area contributed by atoms with Crippen molar-refractivity contribution in [2.75, 3.05) is 0 Å². The maximum Gasteiger partial charge on any atom is 0.178 e. The van der Waals surface area contributed by atoms with E-state index in [-0.39, 0.29) is 23.9 Å². The van der Waals surface area contributed by atoms with Gasteiger partial charge in [0.05, 0.1) is 6.61 Å². The van der Waals surface area contributed by atoms with E-state index in [1.807, 2.05) is 0 Å². The Balaban J connectivity index is 2.05. The predicted octanol–water partition coefficient (Wildman–Crippen LogP) is 2.89. The standard InChI is InChI=1S/C18H16O4/c19-12-15-10-14(6-9-18(15)22)5-8-16(20)7-4-13-2-1-3-17(21)11-13/h1-11,19,21-22H,12H2/b7-4+,8-5+. The van der Waals surface area contributed by atoms with Crippen molar-refractivity contribution < 1.29 is 20.1 Å². The Labute approximate surface area is 128 Å². The van der Waals surface area contributed by atoms with Gasteiger partial charge in [0, 0.05) is 5.56 Å². The molecule has 4 nitrogen and oxygen atoms in total. The van der Waals surface area contributed by atoms with Crippen LogP contribution in [-0.2, 0) is 11.4 Å². The van der Waals surface area contributed by atoms with Crippen LogP contribution >= 0.6 is 0 Å². The summed E-state index contributed by atoms with van der Waals surface area (Å²) in [6.45, 7) is -0.265. The summed E-state index contributed by atoms with van der Waals surface area (Å²) in [5.41, 5.74) is 1.85. The van der Waals surface area contributed by atoms with Gasteiger partial charge in [-0.2, -0.15) is 0 Å². The van der Waals surface area contributed by atoms with E-state index < -0.39 is 0 Å². The molecule has 0 atom stereocenters. The smallest absolute Gasteiger partial charge is 0.178 e. The van der Waals surface area contributed by atoms with E-state index in [1.54, 1.807) is 48.6 Å². The first kappa shape index (κ1) is 15.5. The molecule has 0 aliphatic carbocycles. The van der Waals surface area contributed by atoms with Crippen molar-refractivity contribution in [3.8, 4) is 11.5 Å². The second kappa shape index (κ2) is 7.24. The second-order valence-electron chi connectivity index (χ2n) is 4.71. The number of aromatic hydroxyl groups is 2. The van der Waals surface area contributed by atoms with Gasteiger partial charge in [0.25, 0.3) is 0 Å². The van der Waals surface area contributed by atoms with Gasteiger partial charge < -0.3 is 15.3 Å². The average Bonchev–Trinajstić information content (AvgIpc) is 2.52. The molecule has 0 unspecified atom stereocenters. The zero-order valence-corrected chi connectivity index (χ0v) is 11.8. The van der Waals surface area contributed by atoms with Crippen LogP contribution in [0.15, 0.2) is 54.6 Å². The number of rotatable bonds is 5. The Morgan fingerprint density at radius 1 is 0.955 bits per heavy atom. The fraction of sp³-hybridized carbons (Fsp3) is 0.0556. The Kier molecular flexibility index (Phi) is 5.11. The van der Waals surface area contributed by atoms with Gasteiger partial charge in [-0.15, -0.1) is 0 Å². The molecule has 0 fully saturated rings. The molecule has 3 N–H and O–H groups in total. The lowest BCUT2D eigenvalue weighted by molar-refractivity contribution is -0.110. The van der Waals surface area contributed by atoms with Crippen molar-refractivity contribution in [3.63, 3.8) is 0 Å². The molecule has 0 radical (unpaired) electrons. The highest BCUT2D eigenvalue weighted by Gasteiger charge is 2.00. The number of phenols is 2.